The molecule has 1 aromatic carbocycles. The van der Waals surface area contributed by atoms with Crippen LogP contribution in [0, 0.1) is 13.8 Å². The first-order chi connectivity index (χ1) is 12.3. The van der Waals surface area contributed by atoms with Crippen LogP contribution in [0.4, 0.5) is 0 Å². The highest BCUT2D eigenvalue weighted by atomic mass is 35.5. The molecule has 0 spiro atoms. The molecule has 6 heteroatoms. The summed E-state index contributed by atoms with van der Waals surface area (Å²) in [6.07, 6.45) is 1.77. The second-order valence-corrected chi connectivity index (χ2v) is 6.52. The van der Waals surface area contributed by atoms with Crippen molar-refractivity contribution in [1.29, 1.82) is 0 Å². The predicted octanol–water partition coefficient (Wildman–Crippen LogP) is 4.55. The first-order valence-electron chi connectivity index (χ1n) is 8.07. The van der Waals surface area contributed by atoms with E-state index in [1.54, 1.807) is 13.0 Å². The Morgan fingerprint density at radius 1 is 1.23 bits per heavy atom. The third kappa shape index (κ3) is 3.06. The molecule has 1 aromatic heterocycles. The molecule has 0 saturated carbocycles. The van der Waals surface area contributed by atoms with E-state index in [0.29, 0.717) is 16.4 Å². The number of hydrogen-bond donors (Lipinski definition) is 1. The third-order valence-electron chi connectivity index (χ3n) is 4.37. The number of aliphatic hydroxyl groups is 1. The Labute approximate surface area is 156 Å². The zero-order valence-corrected chi connectivity index (χ0v) is 15.8. The van der Waals surface area contributed by atoms with Gasteiger partial charge in [0.25, 0.3) is 0 Å². The number of aryl methyl sites for hydroxylation is 1. The maximum atomic E-state index is 11.8. The lowest BCUT2D eigenvalue weighted by atomic mass is 10.1. The number of benzene rings is 1. The predicted molar refractivity (Wildman–Crippen MR) is 103 cm³/mol. The number of halogens is 1. The molecule has 2 heterocycles. The molecule has 0 unspecified atom stereocenters. The van der Waals surface area contributed by atoms with Crippen LogP contribution in [0.25, 0.3) is 11.8 Å². The lowest BCUT2D eigenvalue weighted by Crippen LogP contribution is -2.11. The topological polar surface area (TPSA) is 63.8 Å². The number of aliphatic hydroxyl groups excluding tert-OH is 1. The molecule has 0 bridgehead atoms. The van der Waals surface area contributed by atoms with Crippen LogP contribution in [0.3, 0.4) is 0 Å². The number of aromatic nitrogens is 1. The molecule has 2 aromatic rings. The molecule has 0 fully saturated rings. The summed E-state index contributed by atoms with van der Waals surface area (Å²) in [7, 11) is 1.28. The Kier molecular flexibility index (Phi) is 4.74. The molecule has 0 radical (unpaired) electrons. The van der Waals surface area contributed by atoms with Crippen molar-refractivity contribution in [2.24, 2.45) is 4.99 Å². The first kappa shape index (κ1) is 18.0. The van der Waals surface area contributed by atoms with Crippen LogP contribution in [0.2, 0.25) is 5.02 Å². The molecule has 1 aliphatic heterocycles. The Balaban J connectivity index is 2.06. The summed E-state index contributed by atoms with van der Waals surface area (Å²) in [5.74, 6) is -0.760. The van der Waals surface area contributed by atoms with Crippen LogP contribution in [0.5, 0.6) is 0 Å². The fourth-order valence-corrected chi connectivity index (χ4v) is 3.23. The number of rotatable bonds is 3. The van der Waals surface area contributed by atoms with E-state index >= 15 is 0 Å². The molecule has 26 heavy (non-hydrogen) atoms. The summed E-state index contributed by atoms with van der Waals surface area (Å²) in [5.41, 5.74) is 4.81. The number of ether oxygens (including phenoxy) is 1. The van der Waals surface area contributed by atoms with Gasteiger partial charge in [-0.05, 0) is 62.7 Å². The number of carbonyl (C=O) groups is 1. The minimum Gasteiger partial charge on any atom is -0.505 e. The highest BCUT2D eigenvalue weighted by Crippen LogP contribution is 2.29. The van der Waals surface area contributed by atoms with E-state index < -0.39 is 5.97 Å². The summed E-state index contributed by atoms with van der Waals surface area (Å²) in [6, 6.07) is 9.59. The maximum absolute atomic E-state index is 11.8. The van der Waals surface area contributed by atoms with Crippen LogP contribution in [-0.4, -0.2) is 28.5 Å². The fourth-order valence-electron chi connectivity index (χ4n) is 3.10. The van der Waals surface area contributed by atoms with E-state index in [2.05, 4.69) is 9.56 Å². The van der Waals surface area contributed by atoms with Gasteiger partial charge in [0.15, 0.2) is 5.76 Å². The van der Waals surface area contributed by atoms with Crippen molar-refractivity contribution in [1.82, 2.24) is 4.57 Å². The van der Waals surface area contributed by atoms with E-state index in [-0.39, 0.29) is 11.3 Å². The van der Waals surface area contributed by atoms with E-state index in [0.717, 1.165) is 22.6 Å². The number of methoxy groups -OCH3 is 1. The summed E-state index contributed by atoms with van der Waals surface area (Å²) in [6.45, 7) is 5.66. The van der Waals surface area contributed by atoms with Crippen LogP contribution in [0.15, 0.2) is 52.4 Å². The van der Waals surface area contributed by atoms with Gasteiger partial charge >= 0.3 is 5.97 Å². The Morgan fingerprint density at radius 3 is 2.50 bits per heavy atom. The van der Waals surface area contributed by atoms with Gasteiger partial charge in [0, 0.05) is 22.1 Å². The van der Waals surface area contributed by atoms with Crippen molar-refractivity contribution < 1.29 is 14.6 Å². The number of esters is 1. The van der Waals surface area contributed by atoms with E-state index in [1.807, 2.05) is 44.2 Å². The molecule has 0 amide bonds. The molecule has 0 aliphatic carbocycles. The van der Waals surface area contributed by atoms with Crippen molar-refractivity contribution in [3.63, 3.8) is 0 Å². The summed E-state index contributed by atoms with van der Waals surface area (Å²) in [5, 5.41) is 11.1. The summed E-state index contributed by atoms with van der Waals surface area (Å²) >= 11 is 5.97. The van der Waals surface area contributed by atoms with Gasteiger partial charge < -0.3 is 14.4 Å². The second-order valence-electron chi connectivity index (χ2n) is 6.08. The van der Waals surface area contributed by atoms with Crippen LogP contribution < -0.4 is 0 Å². The lowest BCUT2D eigenvalue weighted by Gasteiger charge is -2.09. The summed E-state index contributed by atoms with van der Waals surface area (Å²) < 4.78 is 6.80. The molecular formula is C20H19ClN2O3. The van der Waals surface area contributed by atoms with Gasteiger partial charge in [0.05, 0.1) is 12.8 Å². The number of aliphatic imine (C=N–C) groups is 1. The molecule has 134 valence electrons. The first-order valence-corrected chi connectivity index (χ1v) is 8.45. The molecule has 0 atom stereocenters. The highest BCUT2D eigenvalue weighted by Gasteiger charge is 2.27. The normalized spacial score (nSPS) is 15.6. The van der Waals surface area contributed by atoms with E-state index in [4.69, 9.17) is 16.3 Å². The number of hydrogen-bond acceptors (Lipinski definition) is 4. The van der Waals surface area contributed by atoms with Gasteiger partial charge in [-0.3, -0.25) is 0 Å². The molecular weight excluding hydrogens is 352 g/mol. The monoisotopic (exact) mass is 370 g/mol. The quantitative estimate of drug-likeness (QED) is 0.806. The average Bonchev–Trinajstić information content (AvgIpc) is 3.04. The molecule has 1 aliphatic rings. The van der Waals surface area contributed by atoms with Gasteiger partial charge in [-0.1, -0.05) is 11.6 Å². The fraction of sp³-hybridized carbons (Fsp3) is 0.200. The standard InChI is InChI=1S/C20H19ClN2O3/c1-11-9-14(13(3)23(11)16-7-5-15(21)6-8-16)10-17-19(24)18(12(2)22-17)20(25)26-4/h5-10,24H,1-4H3. The van der Waals surface area contributed by atoms with Crippen molar-refractivity contribution >= 4 is 29.4 Å². The lowest BCUT2D eigenvalue weighted by molar-refractivity contribution is -0.135. The SMILES string of the molecule is COC(=O)C1=C(O)C(=Cc2cc(C)n(-c3ccc(Cl)cc3)c2C)N=C1C. The molecule has 0 saturated heterocycles. The second kappa shape index (κ2) is 6.84. The van der Waals surface area contributed by atoms with Gasteiger partial charge in [0.2, 0.25) is 0 Å². The summed E-state index contributed by atoms with van der Waals surface area (Å²) in [4.78, 5) is 16.1. The minimum atomic E-state index is -0.598. The Morgan fingerprint density at radius 2 is 1.88 bits per heavy atom. The highest BCUT2D eigenvalue weighted by molar-refractivity contribution is 6.30. The van der Waals surface area contributed by atoms with E-state index in [1.165, 1.54) is 7.11 Å². The average molecular weight is 371 g/mol. The smallest absolute Gasteiger partial charge is 0.343 e. The van der Waals surface area contributed by atoms with Gasteiger partial charge in [-0.2, -0.15) is 0 Å². The van der Waals surface area contributed by atoms with Crippen molar-refractivity contribution in [3.8, 4) is 5.69 Å². The van der Waals surface area contributed by atoms with Gasteiger partial charge in [-0.15, -0.1) is 0 Å². The van der Waals surface area contributed by atoms with Crippen molar-refractivity contribution in [2.75, 3.05) is 7.11 Å². The molecule has 1 N–H and O–H groups in total. The zero-order valence-electron chi connectivity index (χ0n) is 15.0. The van der Waals surface area contributed by atoms with Crippen molar-refractivity contribution in [3.05, 3.63) is 69.3 Å². The Hall–Kier alpha value is -2.79. The zero-order chi connectivity index (χ0) is 19.0. The molecule has 3 rings (SSSR count). The third-order valence-corrected chi connectivity index (χ3v) is 4.62. The van der Waals surface area contributed by atoms with Gasteiger partial charge in [-0.25, -0.2) is 9.79 Å². The van der Waals surface area contributed by atoms with Crippen molar-refractivity contribution in [2.45, 2.75) is 20.8 Å². The van der Waals surface area contributed by atoms with Crippen LogP contribution in [-0.2, 0) is 9.53 Å². The van der Waals surface area contributed by atoms with Gasteiger partial charge in [0.1, 0.15) is 11.3 Å². The minimum absolute atomic E-state index is 0.102. The van der Waals surface area contributed by atoms with Crippen LogP contribution >= 0.6 is 11.6 Å². The number of nitrogens with zero attached hydrogens (tertiary/aromatic N) is 2. The largest absolute Gasteiger partial charge is 0.505 e. The Bertz CT molecular complexity index is 979. The van der Waals surface area contributed by atoms with E-state index in [9.17, 15) is 9.90 Å². The maximum Gasteiger partial charge on any atom is 0.343 e. The number of carbonyl (C=O) groups excluding carboxylic acids is 1. The van der Waals surface area contributed by atoms with Crippen LogP contribution in [0.1, 0.15) is 23.9 Å². The molecule has 5 nitrogen and oxygen atoms in total.